The minimum Gasteiger partial charge on any atom is -0.0848 e. The first-order valence-corrected chi connectivity index (χ1v) is 2.12. The highest BCUT2D eigenvalue weighted by Crippen LogP contribution is 1.76. The van der Waals surface area contributed by atoms with Crippen LogP contribution in [0, 0.1) is 6.58 Å². The van der Waals surface area contributed by atoms with E-state index in [0.717, 1.165) is 6.42 Å². The van der Waals surface area contributed by atoms with Gasteiger partial charge in [-0.25, -0.2) is 0 Å². The van der Waals surface area contributed by atoms with Gasteiger partial charge in [-0.2, -0.15) is 0 Å². The number of rotatable bonds is 2. The molecule has 0 heteroatoms. The molecule has 0 aromatic heterocycles. The second-order valence-corrected chi connectivity index (χ2v) is 1.03. The van der Waals surface area contributed by atoms with Gasteiger partial charge in [-0.05, 0) is 6.42 Å². The molecule has 0 aromatic rings. The highest BCUT2D eigenvalue weighted by molar-refractivity contribution is 4.94. The molecular formula is C6H9. The molecule has 0 spiro atoms. The topological polar surface area (TPSA) is 0 Å². The van der Waals surface area contributed by atoms with Gasteiger partial charge < -0.3 is 0 Å². The van der Waals surface area contributed by atoms with Crippen molar-refractivity contribution in [2.45, 2.75) is 13.3 Å². The Morgan fingerprint density at radius 1 is 1.67 bits per heavy atom. The molecule has 0 rings (SSSR count). The van der Waals surface area contributed by atoms with Crippen molar-refractivity contribution in [3.8, 4) is 0 Å². The van der Waals surface area contributed by atoms with Gasteiger partial charge >= 0.3 is 0 Å². The fourth-order valence-electron chi connectivity index (χ4n) is 0.215. The molecule has 0 fully saturated rings. The van der Waals surface area contributed by atoms with Crippen molar-refractivity contribution in [3.63, 3.8) is 0 Å². The van der Waals surface area contributed by atoms with Crippen molar-refractivity contribution in [1.82, 2.24) is 0 Å². The van der Waals surface area contributed by atoms with Gasteiger partial charge in [0.15, 0.2) is 0 Å². The van der Waals surface area contributed by atoms with Crippen LogP contribution in [0.25, 0.3) is 0 Å². The van der Waals surface area contributed by atoms with Gasteiger partial charge in [-0.3, -0.25) is 0 Å². The maximum Gasteiger partial charge on any atom is -0.0376 e. The molecule has 0 saturated heterocycles. The van der Waals surface area contributed by atoms with E-state index in [0.29, 0.717) is 0 Å². The van der Waals surface area contributed by atoms with Gasteiger partial charge in [-0.15, -0.1) is 0 Å². The number of hydrogen-bond acceptors (Lipinski definition) is 0. The van der Waals surface area contributed by atoms with Crippen molar-refractivity contribution >= 4 is 0 Å². The monoisotopic (exact) mass is 81.1 g/mol. The van der Waals surface area contributed by atoms with E-state index in [4.69, 9.17) is 6.58 Å². The van der Waals surface area contributed by atoms with E-state index in [-0.39, 0.29) is 0 Å². The number of hydrogen-bond donors (Lipinski definition) is 0. The summed E-state index contributed by atoms with van der Waals surface area (Å²) in [5, 5.41) is 0. The van der Waals surface area contributed by atoms with Crippen LogP contribution in [-0.2, 0) is 0 Å². The third kappa shape index (κ3) is 3.48. The van der Waals surface area contributed by atoms with Crippen LogP contribution < -0.4 is 0 Å². The van der Waals surface area contributed by atoms with Crippen molar-refractivity contribution in [3.05, 3.63) is 24.8 Å². The molecule has 0 saturated carbocycles. The lowest BCUT2D eigenvalue weighted by atomic mass is 10.4. The third-order valence-electron chi connectivity index (χ3n) is 0.483. The van der Waals surface area contributed by atoms with Crippen LogP contribution in [0.3, 0.4) is 0 Å². The average molecular weight is 81.1 g/mol. The first-order chi connectivity index (χ1) is 2.91. The molecule has 1 radical (unpaired) electrons. The van der Waals surface area contributed by atoms with Crippen molar-refractivity contribution < 1.29 is 0 Å². The highest BCUT2D eigenvalue weighted by Gasteiger charge is 1.55. The van der Waals surface area contributed by atoms with E-state index in [1.807, 2.05) is 12.2 Å². The second-order valence-electron chi connectivity index (χ2n) is 1.03. The summed E-state index contributed by atoms with van der Waals surface area (Å²) in [7, 11) is 0. The molecule has 0 amide bonds. The van der Waals surface area contributed by atoms with Crippen LogP contribution in [0.15, 0.2) is 18.2 Å². The van der Waals surface area contributed by atoms with Crippen LogP contribution in [0.4, 0.5) is 0 Å². The van der Waals surface area contributed by atoms with Crippen LogP contribution in [0.2, 0.25) is 0 Å². The first-order valence-electron chi connectivity index (χ1n) is 2.12. The molecule has 6 heavy (non-hydrogen) atoms. The van der Waals surface area contributed by atoms with Crippen LogP contribution in [-0.4, -0.2) is 0 Å². The normalized spacial score (nSPS) is 9.50. The Morgan fingerprint density at radius 2 is 2.33 bits per heavy atom. The number of allylic oxidation sites excluding steroid dienone is 3. The van der Waals surface area contributed by atoms with E-state index >= 15 is 0 Å². The first kappa shape index (κ1) is 5.48. The molecule has 0 bridgehead atoms. The Kier molecular flexibility index (Phi) is 4.09. The predicted molar refractivity (Wildman–Crippen MR) is 28.3 cm³/mol. The summed E-state index contributed by atoms with van der Waals surface area (Å²) < 4.78 is 0. The summed E-state index contributed by atoms with van der Waals surface area (Å²) in [6.07, 6.45) is 6.43. The zero-order valence-electron chi connectivity index (χ0n) is 4.02. The van der Waals surface area contributed by atoms with E-state index in [1.54, 1.807) is 0 Å². The maximum absolute atomic E-state index is 5.00. The molecule has 0 unspecified atom stereocenters. The van der Waals surface area contributed by atoms with Gasteiger partial charge in [0.1, 0.15) is 0 Å². The Bertz CT molecular complexity index is 51.1. The Hall–Kier alpha value is -0.520. The van der Waals surface area contributed by atoms with E-state index in [9.17, 15) is 0 Å². The molecule has 0 N–H and O–H groups in total. The minimum absolute atomic E-state index is 1.06. The lowest BCUT2D eigenvalue weighted by Crippen LogP contribution is -1.46. The molecule has 0 nitrogen and oxygen atoms in total. The highest BCUT2D eigenvalue weighted by atomic mass is 13.6. The lowest BCUT2D eigenvalue weighted by Gasteiger charge is -1.67. The second kappa shape index (κ2) is 4.48. The fourth-order valence-corrected chi connectivity index (χ4v) is 0.215. The standard InChI is InChI=1S/C6H9/c1-3-5-6-4-2/h1,3,5-6H,4H2,2H3. The zero-order chi connectivity index (χ0) is 4.83. The minimum atomic E-state index is 1.06. The molecule has 0 atom stereocenters. The third-order valence-corrected chi connectivity index (χ3v) is 0.483. The maximum atomic E-state index is 5.00. The van der Waals surface area contributed by atoms with Gasteiger partial charge in [0.25, 0.3) is 0 Å². The summed E-state index contributed by atoms with van der Waals surface area (Å²) in [6.45, 7) is 7.07. The summed E-state index contributed by atoms with van der Waals surface area (Å²) in [5.41, 5.74) is 0. The Morgan fingerprint density at radius 3 is 2.50 bits per heavy atom. The molecular weight excluding hydrogens is 72.1 g/mol. The SMILES string of the molecule is [CH]=CC=CCC. The molecule has 0 aliphatic heterocycles. The summed E-state index contributed by atoms with van der Waals surface area (Å²) in [5.74, 6) is 0. The molecule has 0 aliphatic carbocycles. The smallest absolute Gasteiger partial charge is 0.0376 e. The quantitative estimate of drug-likeness (QED) is 0.445. The lowest BCUT2D eigenvalue weighted by molar-refractivity contribution is 1.22. The van der Waals surface area contributed by atoms with Gasteiger partial charge in [-0.1, -0.05) is 31.7 Å². The Labute approximate surface area is 39.2 Å². The van der Waals surface area contributed by atoms with Crippen LogP contribution in [0.1, 0.15) is 13.3 Å². The Balaban J connectivity index is 2.94. The van der Waals surface area contributed by atoms with Crippen molar-refractivity contribution in [2.75, 3.05) is 0 Å². The largest absolute Gasteiger partial charge is 0.0848 e. The summed E-state index contributed by atoms with van der Waals surface area (Å²) in [4.78, 5) is 0. The zero-order valence-corrected chi connectivity index (χ0v) is 4.02. The molecule has 33 valence electrons. The van der Waals surface area contributed by atoms with E-state index in [1.165, 1.54) is 6.08 Å². The predicted octanol–water partition coefficient (Wildman–Crippen LogP) is 1.94. The van der Waals surface area contributed by atoms with Gasteiger partial charge in [0.2, 0.25) is 0 Å². The average Bonchev–Trinajstić information content (AvgIpc) is 1.61. The molecule has 0 heterocycles. The van der Waals surface area contributed by atoms with E-state index < -0.39 is 0 Å². The molecule has 0 aromatic carbocycles. The van der Waals surface area contributed by atoms with Crippen LogP contribution in [0.5, 0.6) is 0 Å². The van der Waals surface area contributed by atoms with Crippen molar-refractivity contribution in [1.29, 1.82) is 0 Å². The summed E-state index contributed by atoms with van der Waals surface area (Å²) >= 11 is 0. The van der Waals surface area contributed by atoms with Crippen molar-refractivity contribution in [2.24, 2.45) is 0 Å². The molecule has 0 aliphatic rings. The van der Waals surface area contributed by atoms with E-state index in [2.05, 4.69) is 6.92 Å². The van der Waals surface area contributed by atoms with Gasteiger partial charge in [0, 0.05) is 0 Å². The summed E-state index contributed by atoms with van der Waals surface area (Å²) in [6, 6.07) is 0. The fraction of sp³-hybridized carbons (Fsp3) is 0.333. The van der Waals surface area contributed by atoms with Gasteiger partial charge in [0.05, 0.1) is 0 Å². The van der Waals surface area contributed by atoms with Crippen LogP contribution >= 0.6 is 0 Å².